The third-order valence-electron chi connectivity index (χ3n) is 19.6. The number of aromatic nitrogens is 9. The predicted molar refractivity (Wildman–Crippen MR) is 408 cm³/mol. The molecule has 0 unspecified atom stereocenters. The van der Waals surface area contributed by atoms with Crippen molar-refractivity contribution < 1.29 is 57.2 Å². The highest BCUT2D eigenvalue weighted by molar-refractivity contribution is 7.90. The molecule has 0 N–H and O–H groups in total. The molecule has 6 aromatic heterocycles. The number of hydrogen-bond donors (Lipinski definition) is 0. The fourth-order valence-corrected chi connectivity index (χ4v) is 17.6. The molecule has 107 heavy (non-hydrogen) atoms. The third kappa shape index (κ3) is 14.4. The number of hydrogen-bond acceptors (Lipinski definition) is 15. The number of rotatable bonds is 9. The van der Waals surface area contributed by atoms with Crippen molar-refractivity contribution in [2.45, 2.75) is 102 Å². The first-order chi connectivity index (χ1) is 50.2. The molecule has 9 heterocycles. The summed E-state index contributed by atoms with van der Waals surface area (Å²) in [5.41, 5.74) is 5.17. The Bertz CT molecular complexity index is 6090. The van der Waals surface area contributed by atoms with Gasteiger partial charge in [0.1, 0.15) is 5.82 Å². The Morgan fingerprint density at radius 3 is 1.05 bits per heavy atom. The van der Waals surface area contributed by atoms with Gasteiger partial charge in [0, 0.05) is 123 Å². The maximum absolute atomic E-state index is 14.2. The van der Waals surface area contributed by atoms with E-state index in [-0.39, 0.29) is 43.3 Å². The molecular weight excluding hydrogens is 1430 g/mol. The van der Waals surface area contributed by atoms with Crippen molar-refractivity contribution >= 4 is 130 Å². The smallest absolute Gasteiger partial charge is 0.302 e. The molecule has 0 saturated carbocycles. The monoisotopic (exact) mass is 1510 g/mol. The molecule has 0 bridgehead atoms. The molecule has 3 aliphatic rings. The van der Waals surface area contributed by atoms with Gasteiger partial charge in [0.2, 0.25) is 0 Å². The number of halogens is 4. The summed E-state index contributed by atoms with van der Waals surface area (Å²) in [6, 6.07) is 28.6. The number of para-hydroxylation sites is 1. The van der Waals surface area contributed by atoms with E-state index in [1.807, 2.05) is 65.2 Å². The van der Waals surface area contributed by atoms with Crippen LogP contribution < -0.4 is 0 Å². The SMILES string of the molecule is CN1CC=C(c2cn(S(=O)(=O)c3ccc4c(cnn4C(=O)C(C)(C)C)c3)c3ccc(C(F)(F)F)cc23)CC1.CN1CC=C(c2cn(S(=O)(=O)c3ccc4c(cnn4C(=O)C(C)(C)C)c3)c3ccc(F)cc23)CC1.CN1CC=C(c2cn(S(=O)(=O)c3ccc4c(cnn4C(=O)C(C)(C)C)c3)c3ccccc23)CC1. The summed E-state index contributed by atoms with van der Waals surface area (Å²) >= 11 is 0. The van der Waals surface area contributed by atoms with Crippen LogP contribution in [0, 0.1) is 22.1 Å². The molecule has 0 aliphatic carbocycles. The van der Waals surface area contributed by atoms with Gasteiger partial charge in [-0.25, -0.2) is 41.6 Å². The van der Waals surface area contributed by atoms with Crippen LogP contribution >= 0.6 is 0 Å². The molecule has 0 saturated heterocycles. The molecule has 0 radical (unpaired) electrons. The molecule has 0 fully saturated rings. The lowest BCUT2D eigenvalue weighted by Crippen LogP contribution is -2.27. The van der Waals surface area contributed by atoms with Crippen LogP contribution in [0.4, 0.5) is 17.6 Å². The highest BCUT2D eigenvalue weighted by Gasteiger charge is 2.35. The van der Waals surface area contributed by atoms with E-state index in [4.69, 9.17) is 0 Å². The van der Waals surface area contributed by atoms with Gasteiger partial charge in [0.15, 0.2) is 0 Å². The molecule has 0 amide bonds. The van der Waals surface area contributed by atoms with E-state index in [2.05, 4.69) is 49.2 Å². The van der Waals surface area contributed by atoms with E-state index in [1.165, 1.54) is 101 Å². The van der Waals surface area contributed by atoms with Crippen molar-refractivity contribution in [3.05, 3.63) is 199 Å². The first-order valence-corrected chi connectivity index (χ1v) is 39.2. The number of likely N-dealkylation sites (N-methyl/N-ethyl adjacent to an activating group) is 3. The van der Waals surface area contributed by atoms with Crippen molar-refractivity contribution in [1.29, 1.82) is 0 Å². The zero-order valence-corrected chi connectivity index (χ0v) is 63.8. The molecule has 15 rings (SSSR count). The first-order valence-electron chi connectivity index (χ1n) is 34.8. The summed E-state index contributed by atoms with van der Waals surface area (Å²) in [5, 5.41) is 15.9. The minimum absolute atomic E-state index is 0.0616. The molecule has 3 aliphatic heterocycles. The van der Waals surface area contributed by atoms with Gasteiger partial charge < -0.3 is 14.7 Å². The second-order valence-corrected chi connectivity index (χ2v) is 36.1. The lowest BCUT2D eigenvalue weighted by atomic mass is 9.96. The zero-order valence-electron chi connectivity index (χ0n) is 61.3. The maximum Gasteiger partial charge on any atom is 0.416 e. The fraction of sp³-hybridized carbons (Fsp3) is 0.316. The van der Waals surface area contributed by atoms with Crippen molar-refractivity contribution in [3.8, 4) is 0 Å². The van der Waals surface area contributed by atoms with Gasteiger partial charge in [-0.2, -0.15) is 42.5 Å². The first kappa shape index (κ1) is 75.3. The standard InChI is InChI=1S/C27H27F3N4O3S.C26H27FN4O3S.C26H28N4O3S/c1-26(2,3)25(35)34-23-8-6-20(13-18(23)15-31-34)38(36,37)33-16-22(17-9-11-32(4)12-10-17)21-14-19(27(28,29)30)5-7-24(21)33;1-26(2,3)25(32)31-23-8-6-20(13-18(23)15-28-31)35(33,34)30-16-22(17-9-11-29(4)12-10-17)21-14-19(27)5-7-24(21)30;1-26(2,3)25(31)30-23-10-9-20(15-19(23)16-27-30)34(32,33)29-17-22(18-11-13-28(4)14-12-18)21-7-5-6-8-24(21)29/h5-9,13-16H,10-12H2,1-4H3;5-9,13-16H,10-12H2,1-4H3;5-11,15-17H,12-14H2,1-4H3. The minimum Gasteiger partial charge on any atom is -0.302 e. The lowest BCUT2D eigenvalue weighted by molar-refractivity contribution is -0.137. The summed E-state index contributed by atoms with van der Waals surface area (Å²) in [7, 11) is -6.03. The van der Waals surface area contributed by atoms with Crippen LogP contribution in [0.3, 0.4) is 0 Å². The molecule has 6 aromatic carbocycles. The fourth-order valence-electron chi connectivity index (χ4n) is 13.4. The summed E-state index contributed by atoms with van der Waals surface area (Å²) < 4.78 is 145. The normalized spacial score (nSPS) is 15.7. The molecule has 21 nitrogen and oxygen atoms in total. The molecule has 0 atom stereocenters. The van der Waals surface area contributed by atoms with Gasteiger partial charge in [-0.1, -0.05) is 98.7 Å². The van der Waals surface area contributed by atoms with Crippen LogP contribution in [0.1, 0.15) is 118 Å². The Morgan fingerprint density at radius 1 is 0.393 bits per heavy atom. The highest BCUT2D eigenvalue weighted by Crippen LogP contribution is 2.41. The Morgan fingerprint density at radius 2 is 0.710 bits per heavy atom. The molecular formula is C79H82F4N12O9S3. The Kier molecular flexibility index (Phi) is 19.5. The van der Waals surface area contributed by atoms with Crippen LogP contribution in [0.2, 0.25) is 0 Å². The molecule has 0 spiro atoms. The topological polar surface area (TPSA) is 232 Å². The average Bonchev–Trinajstić information content (AvgIpc) is 1.61. The highest BCUT2D eigenvalue weighted by atomic mass is 32.2. The number of benzene rings is 6. The summed E-state index contributed by atoms with van der Waals surface area (Å²) in [6.07, 6.45) is 13.0. The average molecular weight is 1520 g/mol. The summed E-state index contributed by atoms with van der Waals surface area (Å²) in [6.45, 7) is 20.9. The maximum atomic E-state index is 14.2. The number of alkyl halides is 3. The largest absolute Gasteiger partial charge is 0.416 e. The number of nitrogens with zero attached hydrogens (tertiary/aromatic N) is 12. The van der Waals surface area contributed by atoms with Crippen molar-refractivity contribution in [3.63, 3.8) is 0 Å². The number of carbonyl (C=O) groups is 3. The minimum atomic E-state index is -4.57. The van der Waals surface area contributed by atoms with Crippen LogP contribution in [-0.4, -0.2) is 159 Å². The van der Waals surface area contributed by atoms with E-state index in [0.717, 1.165) is 82.8 Å². The van der Waals surface area contributed by atoms with E-state index in [9.17, 15) is 57.2 Å². The van der Waals surface area contributed by atoms with E-state index in [1.54, 1.807) is 84.4 Å². The van der Waals surface area contributed by atoms with Crippen LogP contribution in [0.25, 0.3) is 82.1 Å². The second-order valence-electron chi connectivity index (χ2n) is 30.7. The van der Waals surface area contributed by atoms with Crippen LogP contribution in [0.15, 0.2) is 185 Å². The van der Waals surface area contributed by atoms with E-state index >= 15 is 0 Å². The summed E-state index contributed by atoms with van der Waals surface area (Å²) in [4.78, 5) is 44.9. The molecule has 28 heteroatoms. The zero-order chi connectivity index (χ0) is 77.0. The second kappa shape index (κ2) is 27.7. The summed E-state index contributed by atoms with van der Waals surface area (Å²) in [5.74, 6) is -0.987. The quantitative estimate of drug-likeness (QED) is 0.122. The number of carbonyl (C=O) groups excluding carboxylic acids is 3. The Balaban J connectivity index is 0.000000142. The predicted octanol–water partition coefficient (Wildman–Crippen LogP) is 15.1. The van der Waals surface area contributed by atoms with Crippen molar-refractivity contribution in [2.24, 2.45) is 16.2 Å². The Labute approximate surface area is 617 Å². The Hall–Kier alpha value is -9.97. The van der Waals surface area contributed by atoms with Crippen LogP contribution in [0.5, 0.6) is 0 Å². The lowest BCUT2D eigenvalue weighted by Gasteiger charge is -2.21. The number of fused-ring (bicyclic) bond motifs is 6. The van der Waals surface area contributed by atoms with Crippen molar-refractivity contribution in [2.75, 3.05) is 60.4 Å². The van der Waals surface area contributed by atoms with Gasteiger partial charge in [0.05, 0.1) is 71.9 Å². The molecule has 558 valence electrons. The molecule has 12 aromatic rings. The third-order valence-corrected chi connectivity index (χ3v) is 24.6. The van der Waals surface area contributed by atoms with Gasteiger partial charge >= 0.3 is 6.18 Å². The van der Waals surface area contributed by atoms with Gasteiger partial charge in [-0.05, 0) is 154 Å². The van der Waals surface area contributed by atoms with Crippen molar-refractivity contribution in [1.82, 2.24) is 56.0 Å². The van der Waals surface area contributed by atoms with Gasteiger partial charge in [-0.15, -0.1) is 0 Å². The van der Waals surface area contributed by atoms with Crippen LogP contribution in [-0.2, 0) is 36.2 Å². The van der Waals surface area contributed by atoms with Gasteiger partial charge in [-0.3, -0.25) is 14.4 Å². The van der Waals surface area contributed by atoms with E-state index in [0.29, 0.717) is 74.2 Å². The van der Waals surface area contributed by atoms with Gasteiger partial charge in [0.25, 0.3) is 47.8 Å². The van der Waals surface area contributed by atoms with E-state index < -0.39 is 63.9 Å².